The molecule has 1 aromatic rings. The van der Waals surface area contributed by atoms with Gasteiger partial charge in [0.1, 0.15) is 11.8 Å². The Morgan fingerprint density at radius 3 is 2.58 bits per heavy atom. The fraction of sp³-hybridized carbons (Fsp3) is 0.556. The molecule has 106 valence electrons. The third-order valence-corrected chi connectivity index (χ3v) is 2.23. The van der Waals surface area contributed by atoms with Gasteiger partial charge in [-0.3, -0.25) is 10.1 Å². The Hall–Kier alpha value is -2.10. The first-order valence-corrected chi connectivity index (χ1v) is 5.27. The van der Waals surface area contributed by atoms with Gasteiger partial charge >= 0.3 is 5.69 Å². The molecule has 10 heteroatoms. The quantitative estimate of drug-likeness (QED) is 0.520. The van der Waals surface area contributed by atoms with Gasteiger partial charge in [0.15, 0.2) is 0 Å². The Morgan fingerprint density at radius 1 is 1.47 bits per heavy atom. The summed E-state index contributed by atoms with van der Waals surface area (Å²) in [6.45, 7) is 0.841. The lowest BCUT2D eigenvalue weighted by atomic mass is 10.3. The molecular formula is C9H13F2N5O3. The van der Waals surface area contributed by atoms with Crippen molar-refractivity contribution in [1.82, 2.24) is 9.97 Å². The highest BCUT2D eigenvalue weighted by atomic mass is 19.3. The molecule has 0 saturated carbocycles. The van der Waals surface area contributed by atoms with Crippen LogP contribution in [0.2, 0.25) is 0 Å². The standard InChI is InChI=1S/C9H13F2N5O3/c1-4-6(16(18)19)8(15-9(12-2)14-4)13-3-5(17)7(10)11/h5,7,17H,3H2,1-2H3,(H2,12,13,14,15). The summed E-state index contributed by atoms with van der Waals surface area (Å²) < 4.78 is 24.3. The number of halogens is 2. The number of aryl methyl sites for hydroxylation is 1. The zero-order valence-electron chi connectivity index (χ0n) is 10.2. The second-order valence-corrected chi connectivity index (χ2v) is 3.62. The molecule has 0 fully saturated rings. The van der Waals surface area contributed by atoms with Gasteiger partial charge < -0.3 is 15.7 Å². The molecule has 0 saturated heterocycles. The highest BCUT2D eigenvalue weighted by Crippen LogP contribution is 2.26. The highest BCUT2D eigenvalue weighted by molar-refractivity contribution is 5.60. The van der Waals surface area contributed by atoms with Crippen molar-refractivity contribution in [1.29, 1.82) is 0 Å². The minimum Gasteiger partial charge on any atom is -0.385 e. The van der Waals surface area contributed by atoms with Crippen molar-refractivity contribution in [3.63, 3.8) is 0 Å². The van der Waals surface area contributed by atoms with Crippen molar-refractivity contribution in [3.8, 4) is 0 Å². The van der Waals surface area contributed by atoms with Crippen LogP contribution in [0.3, 0.4) is 0 Å². The van der Waals surface area contributed by atoms with Gasteiger partial charge in [-0.05, 0) is 6.92 Å². The number of aromatic nitrogens is 2. The fourth-order valence-corrected chi connectivity index (χ4v) is 1.31. The van der Waals surface area contributed by atoms with Crippen molar-refractivity contribution in [2.45, 2.75) is 19.5 Å². The van der Waals surface area contributed by atoms with E-state index in [1.807, 2.05) is 0 Å². The molecule has 8 nitrogen and oxygen atoms in total. The number of aliphatic hydroxyl groups is 1. The average Bonchev–Trinajstić information content (AvgIpc) is 2.34. The van der Waals surface area contributed by atoms with E-state index in [9.17, 15) is 18.9 Å². The van der Waals surface area contributed by atoms with E-state index in [0.717, 1.165) is 0 Å². The summed E-state index contributed by atoms with van der Waals surface area (Å²) in [5.41, 5.74) is -0.334. The lowest BCUT2D eigenvalue weighted by molar-refractivity contribution is -0.385. The molecule has 1 atom stereocenters. The SMILES string of the molecule is CNc1nc(C)c([N+](=O)[O-])c(NCC(O)C(F)F)n1. The summed E-state index contributed by atoms with van der Waals surface area (Å²) in [6.07, 6.45) is -4.88. The Balaban J connectivity index is 3.03. The number of alkyl halides is 2. The van der Waals surface area contributed by atoms with Crippen LogP contribution in [0, 0.1) is 17.0 Å². The first-order chi connectivity index (χ1) is 8.86. The van der Waals surface area contributed by atoms with Crippen LogP contribution >= 0.6 is 0 Å². The number of aliphatic hydroxyl groups excluding tert-OH is 1. The van der Waals surface area contributed by atoms with Gasteiger partial charge in [-0.2, -0.15) is 4.98 Å². The molecule has 1 rings (SSSR count). The van der Waals surface area contributed by atoms with Gasteiger partial charge in [-0.1, -0.05) is 0 Å². The van der Waals surface area contributed by atoms with E-state index in [-0.39, 0.29) is 17.5 Å². The normalized spacial score (nSPS) is 12.3. The van der Waals surface area contributed by atoms with E-state index < -0.39 is 29.7 Å². The predicted molar refractivity (Wildman–Crippen MR) is 63.5 cm³/mol. The third kappa shape index (κ3) is 3.68. The molecule has 19 heavy (non-hydrogen) atoms. The second-order valence-electron chi connectivity index (χ2n) is 3.62. The highest BCUT2D eigenvalue weighted by Gasteiger charge is 2.24. The van der Waals surface area contributed by atoms with Crippen LogP contribution in [-0.4, -0.2) is 46.1 Å². The molecule has 0 aliphatic carbocycles. The number of anilines is 2. The monoisotopic (exact) mass is 277 g/mol. The van der Waals surface area contributed by atoms with E-state index in [2.05, 4.69) is 20.6 Å². The average molecular weight is 277 g/mol. The Morgan fingerprint density at radius 2 is 2.11 bits per heavy atom. The maximum atomic E-state index is 12.1. The van der Waals surface area contributed by atoms with Gasteiger partial charge in [0.05, 0.1) is 4.92 Å². The van der Waals surface area contributed by atoms with Crippen LogP contribution in [0.25, 0.3) is 0 Å². The van der Waals surface area contributed by atoms with Crippen LogP contribution < -0.4 is 10.6 Å². The van der Waals surface area contributed by atoms with Crippen LogP contribution in [-0.2, 0) is 0 Å². The van der Waals surface area contributed by atoms with Crippen molar-refractivity contribution < 1.29 is 18.8 Å². The molecule has 0 aliphatic heterocycles. The summed E-state index contributed by atoms with van der Waals surface area (Å²) in [5, 5.41) is 24.8. The zero-order valence-corrected chi connectivity index (χ0v) is 10.2. The largest absolute Gasteiger partial charge is 0.385 e. The number of nitrogens with one attached hydrogen (secondary N) is 2. The fourth-order valence-electron chi connectivity index (χ4n) is 1.31. The third-order valence-electron chi connectivity index (χ3n) is 2.23. The van der Waals surface area contributed by atoms with E-state index >= 15 is 0 Å². The second kappa shape index (κ2) is 6.18. The Bertz CT molecular complexity index is 471. The smallest absolute Gasteiger partial charge is 0.332 e. The predicted octanol–water partition coefficient (Wildman–Crippen LogP) is 0.773. The van der Waals surface area contributed by atoms with Gasteiger partial charge in [0.2, 0.25) is 11.8 Å². The first-order valence-electron chi connectivity index (χ1n) is 5.27. The molecule has 0 bridgehead atoms. The van der Waals surface area contributed by atoms with Crippen LogP contribution in [0.5, 0.6) is 0 Å². The van der Waals surface area contributed by atoms with Gasteiger partial charge in [-0.15, -0.1) is 0 Å². The van der Waals surface area contributed by atoms with E-state index in [4.69, 9.17) is 5.11 Å². The van der Waals surface area contributed by atoms with Crippen molar-refractivity contribution in [2.75, 3.05) is 24.2 Å². The summed E-state index contributed by atoms with van der Waals surface area (Å²) >= 11 is 0. The number of hydrogen-bond acceptors (Lipinski definition) is 7. The van der Waals surface area contributed by atoms with E-state index in [1.54, 1.807) is 0 Å². The molecule has 1 heterocycles. The van der Waals surface area contributed by atoms with Crippen LogP contribution in [0.1, 0.15) is 5.69 Å². The number of rotatable bonds is 6. The number of nitro groups is 1. The number of nitrogens with zero attached hydrogens (tertiary/aromatic N) is 3. The molecule has 0 aliphatic rings. The minimum absolute atomic E-state index is 0.0818. The maximum Gasteiger partial charge on any atom is 0.332 e. The van der Waals surface area contributed by atoms with Crippen LogP contribution in [0.15, 0.2) is 0 Å². The van der Waals surface area contributed by atoms with Gasteiger partial charge in [-0.25, -0.2) is 13.8 Å². The van der Waals surface area contributed by atoms with Crippen molar-refractivity contribution >= 4 is 17.5 Å². The lowest BCUT2D eigenvalue weighted by Crippen LogP contribution is -2.27. The Kier molecular flexibility index (Phi) is 4.87. The zero-order chi connectivity index (χ0) is 14.6. The minimum atomic E-state index is -2.95. The molecule has 0 spiro atoms. The van der Waals surface area contributed by atoms with E-state index in [1.165, 1.54) is 14.0 Å². The molecule has 3 N–H and O–H groups in total. The molecular weight excluding hydrogens is 264 g/mol. The van der Waals surface area contributed by atoms with E-state index in [0.29, 0.717) is 0 Å². The molecule has 0 aromatic carbocycles. The molecule has 0 radical (unpaired) electrons. The summed E-state index contributed by atoms with van der Waals surface area (Å²) in [5.74, 6) is -0.112. The first kappa shape index (κ1) is 15.0. The molecule has 1 aromatic heterocycles. The number of hydrogen-bond donors (Lipinski definition) is 3. The maximum absolute atomic E-state index is 12.1. The van der Waals surface area contributed by atoms with Crippen molar-refractivity contribution in [2.24, 2.45) is 0 Å². The molecule has 1 unspecified atom stereocenters. The summed E-state index contributed by atoms with van der Waals surface area (Å²) in [6, 6.07) is 0. The van der Waals surface area contributed by atoms with Gasteiger partial charge in [0.25, 0.3) is 6.43 Å². The lowest BCUT2D eigenvalue weighted by Gasteiger charge is -2.12. The van der Waals surface area contributed by atoms with Crippen LogP contribution in [0.4, 0.5) is 26.2 Å². The topological polar surface area (TPSA) is 113 Å². The summed E-state index contributed by atoms with van der Waals surface area (Å²) in [7, 11) is 1.51. The molecule has 0 amide bonds. The van der Waals surface area contributed by atoms with Crippen molar-refractivity contribution in [3.05, 3.63) is 15.8 Å². The Labute approximate surface area is 107 Å². The summed E-state index contributed by atoms with van der Waals surface area (Å²) in [4.78, 5) is 17.8. The van der Waals surface area contributed by atoms with Gasteiger partial charge in [0, 0.05) is 13.6 Å².